The Bertz CT molecular complexity index is 185. The Morgan fingerprint density at radius 2 is 2.38 bits per heavy atom. The zero-order valence-corrected chi connectivity index (χ0v) is 9.24. The van der Waals surface area contributed by atoms with Crippen LogP contribution in [0.15, 0.2) is 0 Å². The van der Waals surface area contributed by atoms with Gasteiger partial charge in [0, 0.05) is 0 Å². The Kier molecular flexibility index (Phi) is 4.15. The van der Waals surface area contributed by atoms with Crippen LogP contribution in [0.2, 0.25) is 0 Å². The Morgan fingerprint density at radius 3 is 2.85 bits per heavy atom. The summed E-state index contributed by atoms with van der Waals surface area (Å²) in [7, 11) is 1.34. The van der Waals surface area contributed by atoms with Gasteiger partial charge in [-0.3, -0.25) is 0 Å². The normalized spacial score (nSPS) is 30.1. The second-order valence-electron chi connectivity index (χ2n) is 2.85. The van der Waals surface area contributed by atoms with Gasteiger partial charge in [-0.2, -0.15) is 0 Å². The number of alkyl halides is 1. The second-order valence-corrected chi connectivity index (χ2v) is 4.02. The van der Waals surface area contributed by atoms with E-state index < -0.39 is 6.10 Å². The molecule has 1 saturated heterocycles. The van der Waals surface area contributed by atoms with Gasteiger partial charge in [-0.05, 0) is 13.3 Å². The highest BCUT2D eigenvalue weighted by molar-refractivity contribution is 9.09. The maximum Gasteiger partial charge on any atom is 0.334 e. The Hall–Kier alpha value is -0.130. The molecule has 0 bridgehead atoms. The van der Waals surface area contributed by atoms with E-state index >= 15 is 0 Å². The highest BCUT2D eigenvalue weighted by Crippen LogP contribution is 2.23. The standard InChI is InChI=1S/C8H13BrO4/c1-5(7(10)11-2)13-8-6(9)3-4-12-8/h5-6,8H,3-4H2,1-2H3/t5-,6-,8+/m0/s1. The number of methoxy groups -OCH3 is 1. The van der Waals surface area contributed by atoms with Gasteiger partial charge in [0.2, 0.25) is 0 Å². The van der Waals surface area contributed by atoms with Crippen LogP contribution in [-0.4, -0.2) is 36.9 Å². The molecule has 0 N–H and O–H groups in total. The number of hydrogen-bond acceptors (Lipinski definition) is 4. The fraction of sp³-hybridized carbons (Fsp3) is 0.875. The number of ether oxygens (including phenoxy) is 3. The molecule has 4 nitrogen and oxygen atoms in total. The van der Waals surface area contributed by atoms with Crippen LogP contribution in [0.25, 0.3) is 0 Å². The van der Waals surface area contributed by atoms with Crippen LogP contribution in [0.3, 0.4) is 0 Å². The molecular weight excluding hydrogens is 240 g/mol. The van der Waals surface area contributed by atoms with Crippen LogP contribution in [0, 0.1) is 0 Å². The first-order valence-corrected chi connectivity index (χ1v) is 5.05. The lowest BCUT2D eigenvalue weighted by atomic mass is 10.3. The quantitative estimate of drug-likeness (QED) is 0.557. The summed E-state index contributed by atoms with van der Waals surface area (Å²) < 4.78 is 15.1. The summed E-state index contributed by atoms with van der Waals surface area (Å²) in [5.41, 5.74) is 0. The fourth-order valence-electron chi connectivity index (χ4n) is 1.08. The molecule has 1 aliphatic heterocycles. The molecule has 0 saturated carbocycles. The molecule has 0 aliphatic carbocycles. The van der Waals surface area contributed by atoms with Gasteiger partial charge >= 0.3 is 5.97 Å². The molecule has 76 valence electrons. The minimum atomic E-state index is -0.576. The van der Waals surface area contributed by atoms with Crippen molar-refractivity contribution in [2.45, 2.75) is 30.6 Å². The first kappa shape index (κ1) is 10.9. The molecule has 13 heavy (non-hydrogen) atoms. The van der Waals surface area contributed by atoms with Crippen LogP contribution in [0.4, 0.5) is 0 Å². The number of esters is 1. The summed E-state index contributed by atoms with van der Waals surface area (Å²) in [6.45, 7) is 2.31. The number of carbonyl (C=O) groups excluding carboxylic acids is 1. The van der Waals surface area contributed by atoms with Crippen molar-refractivity contribution in [3.8, 4) is 0 Å². The molecule has 0 spiro atoms. The summed E-state index contributed by atoms with van der Waals surface area (Å²) in [5, 5.41) is 0. The van der Waals surface area contributed by atoms with Gasteiger partial charge < -0.3 is 14.2 Å². The molecule has 1 fully saturated rings. The van der Waals surface area contributed by atoms with Crippen molar-refractivity contribution in [1.29, 1.82) is 0 Å². The molecule has 1 rings (SSSR count). The third-order valence-electron chi connectivity index (χ3n) is 1.84. The molecule has 1 heterocycles. The van der Waals surface area contributed by atoms with Gasteiger partial charge in [0.25, 0.3) is 0 Å². The largest absolute Gasteiger partial charge is 0.467 e. The number of hydrogen-bond donors (Lipinski definition) is 0. The van der Waals surface area contributed by atoms with Gasteiger partial charge in [-0.1, -0.05) is 15.9 Å². The molecule has 0 aromatic rings. The molecule has 3 atom stereocenters. The zero-order valence-electron chi connectivity index (χ0n) is 7.66. The molecule has 5 heteroatoms. The van der Waals surface area contributed by atoms with Crippen molar-refractivity contribution < 1.29 is 19.0 Å². The van der Waals surface area contributed by atoms with Crippen molar-refractivity contribution in [1.82, 2.24) is 0 Å². The Balaban J connectivity index is 2.34. The lowest BCUT2D eigenvalue weighted by Crippen LogP contribution is -2.31. The minimum Gasteiger partial charge on any atom is -0.467 e. The Labute approximate surface area is 85.7 Å². The van der Waals surface area contributed by atoms with Crippen molar-refractivity contribution in [2.75, 3.05) is 13.7 Å². The number of halogens is 1. The van der Waals surface area contributed by atoms with Gasteiger partial charge in [0.05, 0.1) is 18.5 Å². The summed E-state index contributed by atoms with van der Waals surface area (Å²) in [6, 6.07) is 0. The van der Waals surface area contributed by atoms with E-state index in [0.717, 1.165) is 6.42 Å². The van der Waals surface area contributed by atoms with Gasteiger partial charge in [-0.15, -0.1) is 0 Å². The summed E-state index contributed by atoms with van der Waals surface area (Å²) in [4.78, 5) is 11.2. The second kappa shape index (κ2) is 4.93. The molecule has 1 aliphatic rings. The SMILES string of the molecule is COC(=O)[C@H](C)O[C@H]1OCC[C@@H]1Br. The van der Waals surface area contributed by atoms with Crippen LogP contribution in [-0.2, 0) is 19.0 Å². The molecule has 0 radical (unpaired) electrons. The summed E-state index contributed by atoms with van der Waals surface area (Å²) in [5.74, 6) is -0.379. The van der Waals surface area contributed by atoms with E-state index in [1.165, 1.54) is 7.11 Å². The highest BCUT2D eigenvalue weighted by Gasteiger charge is 2.30. The third kappa shape index (κ3) is 2.93. The lowest BCUT2D eigenvalue weighted by molar-refractivity contribution is -0.176. The number of rotatable bonds is 3. The lowest BCUT2D eigenvalue weighted by Gasteiger charge is -2.18. The predicted molar refractivity (Wildman–Crippen MR) is 49.6 cm³/mol. The van der Waals surface area contributed by atoms with Gasteiger partial charge in [0.1, 0.15) is 0 Å². The average Bonchev–Trinajstić information content (AvgIpc) is 2.50. The summed E-state index contributed by atoms with van der Waals surface area (Å²) in [6.07, 6.45) is -0.0132. The minimum absolute atomic E-state index is 0.166. The van der Waals surface area contributed by atoms with Gasteiger partial charge in [0.15, 0.2) is 12.4 Å². The van der Waals surface area contributed by atoms with E-state index in [0.29, 0.717) is 6.61 Å². The van der Waals surface area contributed by atoms with Crippen LogP contribution < -0.4 is 0 Å². The average molecular weight is 253 g/mol. The van der Waals surface area contributed by atoms with Crippen LogP contribution in [0.5, 0.6) is 0 Å². The molecule has 0 amide bonds. The van der Waals surface area contributed by atoms with E-state index in [4.69, 9.17) is 9.47 Å². The molecular formula is C8H13BrO4. The Morgan fingerprint density at radius 1 is 1.69 bits per heavy atom. The monoisotopic (exact) mass is 252 g/mol. The smallest absolute Gasteiger partial charge is 0.334 e. The predicted octanol–water partition coefficient (Wildman–Crippen LogP) is 1.07. The van der Waals surface area contributed by atoms with Crippen molar-refractivity contribution in [2.24, 2.45) is 0 Å². The van der Waals surface area contributed by atoms with E-state index in [-0.39, 0.29) is 17.1 Å². The fourth-order valence-corrected chi connectivity index (χ4v) is 1.55. The maximum atomic E-state index is 11.0. The summed E-state index contributed by atoms with van der Waals surface area (Å²) >= 11 is 3.40. The molecule has 0 aromatic heterocycles. The van der Waals surface area contributed by atoms with Gasteiger partial charge in [-0.25, -0.2) is 4.79 Å². The van der Waals surface area contributed by atoms with E-state index in [2.05, 4.69) is 20.7 Å². The van der Waals surface area contributed by atoms with Crippen molar-refractivity contribution in [3.63, 3.8) is 0 Å². The molecule has 0 aromatic carbocycles. The first-order chi connectivity index (χ1) is 6.15. The van der Waals surface area contributed by atoms with E-state index in [9.17, 15) is 4.79 Å². The zero-order chi connectivity index (χ0) is 9.84. The first-order valence-electron chi connectivity index (χ1n) is 4.14. The maximum absolute atomic E-state index is 11.0. The molecule has 0 unspecified atom stereocenters. The van der Waals surface area contributed by atoms with Crippen LogP contribution in [0.1, 0.15) is 13.3 Å². The van der Waals surface area contributed by atoms with Crippen LogP contribution >= 0.6 is 15.9 Å². The highest BCUT2D eigenvalue weighted by atomic mass is 79.9. The topological polar surface area (TPSA) is 44.8 Å². The van der Waals surface area contributed by atoms with Crippen molar-refractivity contribution >= 4 is 21.9 Å². The van der Waals surface area contributed by atoms with Crippen molar-refractivity contribution in [3.05, 3.63) is 0 Å². The third-order valence-corrected chi connectivity index (χ3v) is 2.73. The number of carbonyl (C=O) groups is 1. The van der Waals surface area contributed by atoms with E-state index in [1.807, 2.05) is 0 Å². The van der Waals surface area contributed by atoms with E-state index in [1.54, 1.807) is 6.92 Å².